The molecule has 0 saturated carbocycles. The molecule has 1 aliphatic rings. The van der Waals surface area contributed by atoms with Gasteiger partial charge in [-0.25, -0.2) is 0 Å². The van der Waals surface area contributed by atoms with Crippen LogP contribution in [0, 0.1) is 10.1 Å². The minimum Gasteiger partial charge on any atom is -0.455 e. The number of nitro groups is 1. The van der Waals surface area contributed by atoms with E-state index < -0.39 is 16.9 Å². The first-order valence-electron chi connectivity index (χ1n) is 11.3. The zero-order chi connectivity index (χ0) is 25.7. The Hall–Kier alpha value is -4.38. The molecule has 2 aromatic heterocycles. The van der Waals surface area contributed by atoms with E-state index in [1.807, 2.05) is 0 Å². The molecular weight excluding hydrogens is 466 g/mol. The first kappa shape index (κ1) is 24.7. The van der Waals surface area contributed by atoms with Crippen LogP contribution in [-0.2, 0) is 16.1 Å². The zero-order valence-electron chi connectivity index (χ0n) is 19.8. The quantitative estimate of drug-likeness (QED) is 0.365. The molecule has 1 N–H and O–H groups in total. The number of carbonyl (C=O) groups excluding carboxylic acids is 2. The van der Waals surface area contributed by atoms with Gasteiger partial charge < -0.3 is 19.7 Å². The highest BCUT2D eigenvalue weighted by atomic mass is 16.6. The van der Waals surface area contributed by atoms with E-state index >= 15 is 0 Å². The van der Waals surface area contributed by atoms with Gasteiger partial charge in [0, 0.05) is 44.5 Å². The fourth-order valence-electron chi connectivity index (χ4n) is 4.17. The molecule has 11 heteroatoms. The predicted octanol–water partition coefficient (Wildman–Crippen LogP) is 4.26. The minimum absolute atomic E-state index is 0.0502. The molecular formula is C25H25N5O6. The lowest BCUT2D eigenvalue weighted by Crippen LogP contribution is -2.28. The van der Waals surface area contributed by atoms with Crippen LogP contribution >= 0.6 is 0 Å². The van der Waals surface area contributed by atoms with E-state index in [0.29, 0.717) is 36.6 Å². The summed E-state index contributed by atoms with van der Waals surface area (Å²) in [5.74, 6) is -0.0749. The van der Waals surface area contributed by atoms with Crippen molar-refractivity contribution in [3.63, 3.8) is 0 Å². The number of nitrogens with one attached hydrogen (secondary N) is 1. The summed E-state index contributed by atoms with van der Waals surface area (Å²) < 4.78 is 11.2. The van der Waals surface area contributed by atoms with Crippen LogP contribution < -0.4 is 10.1 Å². The van der Waals surface area contributed by atoms with Crippen LogP contribution in [0.25, 0.3) is 0 Å². The summed E-state index contributed by atoms with van der Waals surface area (Å²) in [5, 5.41) is 14.6. The lowest BCUT2D eigenvalue weighted by atomic mass is 10.0. The first-order chi connectivity index (χ1) is 17.4. The Bertz CT molecular complexity index is 1270. The number of likely N-dealkylation sites (tertiary alicyclic amines) is 1. The van der Waals surface area contributed by atoms with Crippen molar-refractivity contribution in [2.75, 3.05) is 19.0 Å². The molecule has 0 unspecified atom stereocenters. The lowest BCUT2D eigenvalue weighted by Gasteiger charge is -2.26. The van der Waals surface area contributed by atoms with Crippen LogP contribution in [0.3, 0.4) is 0 Å². The molecule has 1 aliphatic heterocycles. The lowest BCUT2D eigenvalue weighted by molar-refractivity contribution is -0.384. The van der Waals surface area contributed by atoms with Gasteiger partial charge in [0.05, 0.1) is 29.5 Å². The van der Waals surface area contributed by atoms with Gasteiger partial charge in [-0.15, -0.1) is 0 Å². The third kappa shape index (κ3) is 5.47. The van der Waals surface area contributed by atoms with Crippen LogP contribution in [0.15, 0.2) is 54.9 Å². The number of amides is 2. The van der Waals surface area contributed by atoms with Gasteiger partial charge in [0.2, 0.25) is 5.91 Å². The summed E-state index contributed by atoms with van der Waals surface area (Å²) in [6, 6.07) is 10.6. The van der Waals surface area contributed by atoms with E-state index in [0.717, 1.165) is 6.42 Å². The van der Waals surface area contributed by atoms with Gasteiger partial charge in [0.15, 0.2) is 0 Å². The number of rotatable bonds is 8. The summed E-state index contributed by atoms with van der Waals surface area (Å²) in [6.45, 7) is 2.34. The van der Waals surface area contributed by atoms with Crippen molar-refractivity contribution in [1.82, 2.24) is 14.9 Å². The van der Waals surface area contributed by atoms with Crippen molar-refractivity contribution in [3.8, 4) is 11.5 Å². The zero-order valence-corrected chi connectivity index (χ0v) is 19.8. The summed E-state index contributed by atoms with van der Waals surface area (Å²) in [6.07, 6.45) is 4.35. The van der Waals surface area contributed by atoms with Crippen molar-refractivity contribution < 1.29 is 24.0 Å². The number of nitro benzene ring substituents is 1. The molecule has 1 atom stereocenters. The summed E-state index contributed by atoms with van der Waals surface area (Å²) in [4.78, 5) is 46.3. The fraction of sp³-hybridized carbons (Fsp3) is 0.280. The maximum atomic E-state index is 12.7. The normalized spacial score (nSPS) is 14.9. The molecule has 3 aromatic rings. The number of nitrogens with zero attached hydrogens (tertiary/aromatic N) is 4. The van der Waals surface area contributed by atoms with E-state index in [-0.39, 0.29) is 28.7 Å². The highest BCUT2D eigenvalue weighted by molar-refractivity contribution is 6.04. The third-order valence-corrected chi connectivity index (χ3v) is 5.80. The van der Waals surface area contributed by atoms with Crippen LogP contribution in [0.4, 0.5) is 11.4 Å². The van der Waals surface area contributed by atoms with Crippen LogP contribution in [0.1, 0.15) is 47.6 Å². The standard InChI is InChI=1S/C25H25N5O6/c1-16(31)29-11-5-7-22(29)19-12-23(30(33)34)21(28-25(32)20-6-3-4-10-26-20)13-24(19)36-18-9-8-17(15-35-2)27-14-18/h3-4,6,8-10,12-14,22H,5,7,11,15H2,1-2H3,(H,28,32)/t22-/m1/s1. The summed E-state index contributed by atoms with van der Waals surface area (Å²) >= 11 is 0. The topological polar surface area (TPSA) is 137 Å². The molecule has 0 radical (unpaired) electrons. The first-order valence-corrected chi connectivity index (χ1v) is 11.3. The largest absolute Gasteiger partial charge is 0.455 e. The smallest absolute Gasteiger partial charge is 0.293 e. The molecule has 0 bridgehead atoms. The Morgan fingerprint density at radius 1 is 1.22 bits per heavy atom. The highest BCUT2D eigenvalue weighted by Gasteiger charge is 2.33. The second kappa shape index (κ2) is 10.9. The molecule has 3 heterocycles. The average molecular weight is 492 g/mol. The number of ether oxygens (including phenoxy) is 2. The van der Waals surface area contributed by atoms with Gasteiger partial charge in [0.25, 0.3) is 11.6 Å². The SMILES string of the molecule is COCc1ccc(Oc2cc(NC(=O)c3ccccn3)c([N+](=O)[O-])cc2[C@H]2CCCN2C(C)=O)cn1. The Balaban J connectivity index is 1.77. The van der Waals surface area contributed by atoms with Crippen molar-refractivity contribution in [2.24, 2.45) is 0 Å². The maximum absolute atomic E-state index is 12.7. The number of hydrogen-bond acceptors (Lipinski definition) is 8. The summed E-state index contributed by atoms with van der Waals surface area (Å²) in [5.41, 5.74) is 0.924. The number of pyridine rings is 2. The highest BCUT2D eigenvalue weighted by Crippen LogP contribution is 2.43. The minimum atomic E-state index is -0.603. The fourth-order valence-corrected chi connectivity index (χ4v) is 4.17. The van der Waals surface area contributed by atoms with Gasteiger partial charge in [-0.1, -0.05) is 6.07 Å². The van der Waals surface area contributed by atoms with Gasteiger partial charge in [-0.05, 0) is 37.1 Å². The number of anilines is 1. The van der Waals surface area contributed by atoms with Crippen molar-refractivity contribution in [1.29, 1.82) is 0 Å². The van der Waals surface area contributed by atoms with Crippen molar-refractivity contribution in [3.05, 3.63) is 81.9 Å². The van der Waals surface area contributed by atoms with Gasteiger partial charge >= 0.3 is 0 Å². The molecule has 2 amide bonds. The molecule has 0 spiro atoms. The van der Waals surface area contributed by atoms with Crippen molar-refractivity contribution >= 4 is 23.2 Å². The van der Waals surface area contributed by atoms with Crippen LogP contribution in [-0.4, -0.2) is 45.3 Å². The maximum Gasteiger partial charge on any atom is 0.293 e. The predicted molar refractivity (Wildman–Crippen MR) is 130 cm³/mol. The van der Waals surface area contributed by atoms with E-state index in [1.54, 1.807) is 36.3 Å². The molecule has 1 aromatic carbocycles. The monoisotopic (exact) mass is 491 g/mol. The second-order valence-corrected chi connectivity index (χ2v) is 8.22. The van der Waals surface area contributed by atoms with Gasteiger partial charge in [-0.3, -0.25) is 29.7 Å². The molecule has 4 rings (SSSR count). The van der Waals surface area contributed by atoms with Crippen molar-refractivity contribution in [2.45, 2.75) is 32.4 Å². The van der Waals surface area contributed by atoms with E-state index in [1.165, 1.54) is 37.5 Å². The number of methoxy groups -OCH3 is 1. The van der Waals surface area contributed by atoms with Gasteiger partial charge in [0.1, 0.15) is 22.9 Å². The van der Waals surface area contributed by atoms with E-state index in [9.17, 15) is 19.7 Å². The Morgan fingerprint density at radius 3 is 2.69 bits per heavy atom. The Morgan fingerprint density at radius 2 is 2.06 bits per heavy atom. The molecule has 36 heavy (non-hydrogen) atoms. The number of benzene rings is 1. The average Bonchev–Trinajstić information content (AvgIpc) is 3.36. The molecule has 1 fully saturated rings. The Kier molecular flexibility index (Phi) is 7.50. The Labute approximate surface area is 207 Å². The molecule has 11 nitrogen and oxygen atoms in total. The van der Waals surface area contributed by atoms with Crippen LogP contribution in [0.5, 0.6) is 11.5 Å². The number of hydrogen-bond donors (Lipinski definition) is 1. The molecule has 0 aliphatic carbocycles. The molecule has 1 saturated heterocycles. The summed E-state index contributed by atoms with van der Waals surface area (Å²) in [7, 11) is 1.57. The van der Waals surface area contributed by atoms with E-state index in [4.69, 9.17) is 9.47 Å². The molecule has 186 valence electrons. The number of aromatic nitrogens is 2. The van der Waals surface area contributed by atoms with E-state index in [2.05, 4.69) is 15.3 Å². The van der Waals surface area contributed by atoms with Crippen LogP contribution in [0.2, 0.25) is 0 Å². The third-order valence-electron chi connectivity index (χ3n) is 5.80. The van der Waals surface area contributed by atoms with Gasteiger partial charge in [-0.2, -0.15) is 0 Å². The number of carbonyl (C=O) groups is 2. The second-order valence-electron chi connectivity index (χ2n) is 8.22.